The molecule has 0 aliphatic rings. The Bertz CT molecular complexity index is 1130. The van der Waals surface area contributed by atoms with Crippen LogP contribution in [0, 0.1) is 13.8 Å². The van der Waals surface area contributed by atoms with Crippen molar-refractivity contribution in [3.8, 4) is 0 Å². The zero-order valence-corrected chi connectivity index (χ0v) is 18.4. The third-order valence-electron chi connectivity index (χ3n) is 4.55. The monoisotopic (exact) mass is 428 g/mol. The van der Waals surface area contributed by atoms with Crippen molar-refractivity contribution in [3.05, 3.63) is 51.8 Å². The van der Waals surface area contributed by atoms with Gasteiger partial charge in [0.05, 0.1) is 29.2 Å². The summed E-state index contributed by atoms with van der Waals surface area (Å²) in [5.74, 6) is -1.13. The number of hydrogen-bond donors (Lipinski definition) is 1. The van der Waals surface area contributed by atoms with Crippen molar-refractivity contribution >= 4 is 39.8 Å². The third-order valence-corrected chi connectivity index (χ3v) is 5.74. The van der Waals surface area contributed by atoms with E-state index in [2.05, 4.69) is 10.3 Å². The largest absolute Gasteiger partial charge is 0.462 e. The van der Waals surface area contributed by atoms with Crippen molar-refractivity contribution < 1.29 is 19.1 Å². The SMILES string of the molecule is CCOC(=O)c1c(NC(=O)Cc2cn3cccc(C)c3n2)sc(C(=O)N(C)C)c1C. The van der Waals surface area contributed by atoms with Crippen LogP contribution in [0.15, 0.2) is 24.5 Å². The van der Waals surface area contributed by atoms with E-state index in [-0.39, 0.29) is 30.4 Å². The molecule has 0 bridgehead atoms. The van der Waals surface area contributed by atoms with Crippen LogP contribution in [0.25, 0.3) is 5.65 Å². The number of amides is 2. The second-order valence-corrected chi connectivity index (χ2v) is 8.08. The predicted octanol–water partition coefficient (Wildman–Crippen LogP) is 3.07. The number of fused-ring (bicyclic) bond motifs is 1. The van der Waals surface area contributed by atoms with E-state index < -0.39 is 5.97 Å². The quantitative estimate of drug-likeness (QED) is 0.609. The van der Waals surface area contributed by atoms with Gasteiger partial charge in [-0.2, -0.15) is 0 Å². The van der Waals surface area contributed by atoms with Crippen LogP contribution in [0.3, 0.4) is 0 Å². The van der Waals surface area contributed by atoms with E-state index >= 15 is 0 Å². The van der Waals surface area contributed by atoms with Crippen molar-refractivity contribution in [1.29, 1.82) is 0 Å². The molecule has 0 aliphatic carbocycles. The van der Waals surface area contributed by atoms with E-state index in [0.29, 0.717) is 21.1 Å². The summed E-state index contributed by atoms with van der Waals surface area (Å²) in [4.78, 5) is 44.0. The number of aromatic nitrogens is 2. The number of esters is 1. The van der Waals surface area contributed by atoms with Gasteiger partial charge in [0.2, 0.25) is 5.91 Å². The lowest BCUT2D eigenvalue weighted by Gasteiger charge is -2.09. The van der Waals surface area contributed by atoms with E-state index in [1.165, 1.54) is 4.90 Å². The number of hydrogen-bond acceptors (Lipinski definition) is 6. The maximum Gasteiger partial charge on any atom is 0.341 e. The maximum absolute atomic E-state index is 12.7. The molecule has 0 unspecified atom stereocenters. The number of nitrogens with zero attached hydrogens (tertiary/aromatic N) is 3. The summed E-state index contributed by atoms with van der Waals surface area (Å²) in [6.45, 7) is 5.53. The number of carbonyl (C=O) groups excluding carboxylic acids is 3. The van der Waals surface area contributed by atoms with Gasteiger partial charge >= 0.3 is 5.97 Å². The molecule has 158 valence electrons. The molecule has 3 rings (SSSR count). The summed E-state index contributed by atoms with van der Waals surface area (Å²) in [5.41, 5.74) is 3.12. The van der Waals surface area contributed by atoms with Crippen LogP contribution in [-0.2, 0) is 16.0 Å². The highest BCUT2D eigenvalue weighted by Crippen LogP contribution is 2.34. The van der Waals surface area contributed by atoms with Crippen molar-refractivity contribution in [2.75, 3.05) is 26.0 Å². The number of nitrogens with one attached hydrogen (secondary N) is 1. The molecule has 9 heteroatoms. The summed E-state index contributed by atoms with van der Waals surface area (Å²) >= 11 is 1.07. The molecule has 0 saturated carbocycles. The van der Waals surface area contributed by atoms with E-state index in [4.69, 9.17) is 4.74 Å². The lowest BCUT2D eigenvalue weighted by Crippen LogP contribution is -2.21. The van der Waals surface area contributed by atoms with Crippen LogP contribution in [0.2, 0.25) is 0 Å². The number of carbonyl (C=O) groups is 3. The van der Waals surface area contributed by atoms with Gasteiger partial charge in [0.25, 0.3) is 5.91 Å². The van der Waals surface area contributed by atoms with Crippen LogP contribution >= 0.6 is 11.3 Å². The number of aryl methyl sites for hydroxylation is 1. The molecule has 0 fully saturated rings. The van der Waals surface area contributed by atoms with Gasteiger partial charge < -0.3 is 19.4 Å². The molecule has 8 nitrogen and oxygen atoms in total. The molecule has 0 saturated heterocycles. The molecule has 3 heterocycles. The summed E-state index contributed by atoms with van der Waals surface area (Å²) < 4.78 is 7.00. The Morgan fingerprint density at radius 1 is 1.27 bits per heavy atom. The maximum atomic E-state index is 12.7. The Hall–Kier alpha value is -3.20. The minimum atomic E-state index is -0.567. The lowest BCUT2D eigenvalue weighted by atomic mass is 10.1. The number of anilines is 1. The predicted molar refractivity (Wildman–Crippen MR) is 115 cm³/mol. The van der Waals surface area contributed by atoms with Crippen LogP contribution in [0.5, 0.6) is 0 Å². The summed E-state index contributed by atoms with van der Waals surface area (Å²) in [6, 6.07) is 3.87. The van der Waals surface area contributed by atoms with E-state index in [9.17, 15) is 14.4 Å². The van der Waals surface area contributed by atoms with E-state index in [1.54, 1.807) is 34.1 Å². The molecule has 0 radical (unpaired) electrons. The van der Waals surface area contributed by atoms with Gasteiger partial charge in [0.15, 0.2) is 0 Å². The highest BCUT2D eigenvalue weighted by molar-refractivity contribution is 7.18. The molecule has 0 aliphatic heterocycles. The van der Waals surface area contributed by atoms with Crippen molar-refractivity contribution in [2.45, 2.75) is 27.2 Å². The van der Waals surface area contributed by atoms with Crippen molar-refractivity contribution in [3.63, 3.8) is 0 Å². The number of ether oxygens (including phenoxy) is 1. The standard InChI is InChI=1S/C21H24N4O4S/c1-6-29-21(28)16-13(3)17(20(27)24(4)5)30-19(16)23-15(26)10-14-11-25-9-7-8-12(2)18(25)22-14/h7-9,11H,6,10H2,1-5H3,(H,23,26). The summed E-state index contributed by atoms with van der Waals surface area (Å²) in [6.07, 6.45) is 3.71. The number of pyridine rings is 1. The van der Waals surface area contributed by atoms with Crippen LogP contribution in [0.4, 0.5) is 5.00 Å². The summed E-state index contributed by atoms with van der Waals surface area (Å²) in [5, 5.41) is 3.08. The molecule has 3 aromatic heterocycles. The molecular formula is C21H24N4O4S. The van der Waals surface area contributed by atoms with Gasteiger partial charge in [-0.25, -0.2) is 9.78 Å². The zero-order valence-electron chi connectivity index (χ0n) is 17.6. The minimum Gasteiger partial charge on any atom is -0.462 e. The van der Waals surface area contributed by atoms with Gasteiger partial charge in [0, 0.05) is 26.5 Å². The molecule has 0 atom stereocenters. The molecule has 0 aromatic carbocycles. The Labute approximate surface area is 178 Å². The molecule has 30 heavy (non-hydrogen) atoms. The lowest BCUT2D eigenvalue weighted by molar-refractivity contribution is -0.115. The molecular weight excluding hydrogens is 404 g/mol. The van der Waals surface area contributed by atoms with Crippen LogP contribution in [0.1, 0.15) is 43.8 Å². The minimum absolute atomic E-state index is 0.0390. The van der Waals surface area contributed by atoms with Crippen molar-refractivity contribution in [1.82, 2.24) is 14.3 Å². The highest BCUT2D eigenvalue weighted by Gasteiger charge is 2.27. The van der Waals surface area contributed by atoms with Gasteiger partial charge in [0.1, 0.15) is 10.6 Å². The Morgan fingerprint density at radius 3 is 2.63 bits per heavy atom. The Kier molecular flexibility index (Phi) is 6.21. The highest BCUT2D eigenvalue weighted by atomic mass is 32.1. The first-order valence-corrected chi connectivity index (χ1v) is 10.3. The first-order chi connectivity index (χ1) is 14.2. The van der Waals surface area contributed by atoms with Gasteiger partial charge in [-0.15, -0.1) is 11.3 Å². The number of imidazole rings is 1. The smallest absolute Gasteiger partial charge is 0.341 e. The van der Waals surface area contributed by atoms with Gasteiger partial charge in [-0.05, 0) is 38.0 Å². The fraction of sp³-hybridized carbons (Fsp3) is 0.333. The molecule has 2 amide bonds. The topological polar surface area (TPSA) is 93.0 Å². The van der Waals surface area contributed by atoms with Crippen LogP contribution < -0.4 is 5.32 Å². The Morgan fingerprint density at radius 2 is 2.00 bits per heavy atom. The number of thiophene rings is 1. The molecule has 3 aromatic rings. The fourth-order valence-corrected chi connectivity index (χ4v) is 4.32. The average Bonchev–Trinajstić information content (AvgIpc) is 3.22. The Balaban J connectivity index is 1.88. The van der Waals surface area contributed by atoms with E-state index in [1.807, 2.05) is 29.7 Å². The fourth-order valence-electron chi connectivity index (χ4n) is 3.08. The zero-order chi connectivity index (χ0) is 22.0. The van der Waals surface area contributed by atoms with Crippen molar-refractivity contribution in [2.24, 2.45) is 0 Å². The first kappa shape index (κ1) is 21.5. The van der Waals surface area contributed by atoms with E-state index in [0.717, 1.165) is 22.5 Å². The van der Waals surface area contributed by atoms with Gasteiger partial charge in [-0.3, -0.25) is 9.59 Å². The molecule has 1 N–H and O–H groups in total. The van der Waals surface area contributed by atoms with Gasteiger partial charge in [-0.1, -0.05) is 6.07 Å². The molecule has 0 spiro atoms. The number of rotatable bonds is 6. The van der Waals surface area contributed by atoms with Crippen LogP contribution in [-0.4, -0.2) is 52.8 Å². The second kappa shape index (κ2) is 8.66. The third kappa shape index (κ3) is 4.20. The summed E-state index contributed by atoms with van der Waals surface area (Å²) in [7, 11) is 3.27. The first-order valence-electron chi connectivity index (χ1n) is 9.48. The normalized spacial score (nSPS) is 10.8. The average molecular weight is 429 g/mol. The second-order valence-electron chi connectivity index (χ2n) is 7.06.